The molecule has 21 heavy (non-hydrogen) atoms. The summed E-state index contributed by atoms with van der Waals surface area (Å²) in [4.78, 5) is 22.4. The van der Waals surface area contributed by atoms with Gasteiger partial charge in [0.2, 0.25) is 5.91 Å². The van der Waals surface area contributed by atoms with Crippen LogP contribution in [0.1, 0.15) is 19.8 Å². The lowest BCUT2D eigenvalue weighted by molar-refractivity contribution is -0.383. The lowest BCUT2D eigenvalue weighted by Gasteiger charge is -2.30. The molecule has 2 unspecified atom stereocenters. The van der Waals surface area contributed by atoms with Crippen LogP contribution in [0.4, 0.5) is 11.4 Å². The quantitative estimate of drug-likeness (QED) is 0.561. The van der Waals surface area contributed by atoms with Gasteiger partial charge in [-0.1, -0.05) is 12.1 Å². The van der Waals surface area contributed by atoms with Crippen LogP contribution in [-0.2, 0) is 4.79 Å². The van der Waals surface area contributed by atoms with E-state index in [1.165, 1.54) is 6.07 Å². The number of piperidine rings is 1. The number of nitro groups is 1. The van der Waals surface area contributed by atoms with Crippen molar-refractivity contribution >= 4 is 17.3 Å². The van der Waals surface area contributed by atoms with Crippen molar-refractivity contribution in [3.63, 3.8) is 0 Å². The zero-order chi connectivity index (χ0) is 15.2. The van der Waals surface area contributed by atoms with Gasteiger partial charge in [0.15, 0.2) is 0 Å². The van der Waals surface area contributed by atoms with E-state index in [0.29, 0.717) is 5.69 Å². The Morgan fingerprint density at radius 1 is 1.48 bits per heavy atom. The third-order valence-electron chi connectivity index (χ3n) is 3.65. The summed E-state index contributed by atoms with van der Waals surface area (Å²) in [5.41, 5.74) is 0.325. The van der Waals surface area contributed by atoms with E-state index in [4.69, 9.17) is 0 Å². The Labute approximate surface area is 123 Å². The number of nitrogens with one attached hydrogen (secondary N) is 3. The van der Waals surface area contributed by atoms with Crippen molar-refractivity contribution in [3.05, 3.63) is 34.4 Å². The fourth-order valence-corrected chi connectivity index (χ4v) is 2.46. The minimum atomic E-state index is -0.465. The van der Waals surface area contributed by atoms with Crippen LogP contribution < -0.4 is 16.0 Å². The molecule has 0 aromatic heterocycles. The fraction of sp³-hybridized carbons (Fsp3) is 0.500. The zero-order valence-electron chi connectivity index (χ0n) is 12.0. The molecule has 1 aliphatic heterocycles. The fourth-order valence-electron chi connectivity index (χ4n) is 2.46. The van der Waals surface area contributed by atoms with E-state index in [0.717, 1.165) is 19.4 Å². The molecule has 0 spiro atoms. The van der Waals surface area contributed by atoms with Crippen LogP contribution in [0.3, 0.4) is 0 Å². The second-order valence-corrected chi connectivity index (χ2v) is 5.19. The molecule has 1 heterocycles. The molecule has 1 fully saturated rings. The van der Waals surface area contributed by atoms with Crippen LogP contribution in [0, 0.1) is 10.1 Å². The Kier molecular flexibility index (Phi) is 5.10. The van der Waals surface area contributed by atoms with Gasteiger partial charge in [0.1, 0.15) is 5.69 Å². The highest BCUT2D eigenvalue weighted by atomic mass is 16.6. The summed E-state index contributed by atoms with van der Waals surface area (Å²) in [6.07, 6.45) is 1.98. The molecule has 0 radical (unpaired) electrons. The minimum Gasteiger partial charge on any atom is -0.371 e. The van der Waals surface area contributed by atoms with Crippen molar-refractivity contribution in [1.29, 1.82) is 0 Å². The molecule has 1 aromatic carbocycles. The van der Waals surface area contributed by atoms with Crippen LogP contribution in [-0.4, -0.2) is 36.0 Å². The lowest BCUT2D eigenvalue weighted by atomic mass is 10.00. The monoisotopic (exact) mass is 292 g/mol. The summed E-state index contributed by atoms with van der Waals surface area (Å²) in [6.45, 7) is 3.04. The second kappa shape index (κ2) is 7.03. The Balaban J connectivity index is 1.88. The number of hydrogen-bond acceptors (Lipinski definition) is 5. The zero-order valence-corrected chi connectivity index (χ0v) is 12.0. The highest BCUT2D eigenvalue weighted by Gasteiger charge is 2.22. The first-order chi connectivity index (χ1) is 10.1. The summed E-state index contributed by atoms with van der Waals surface area (Å²) < 4.78 is 0. The van der Waals surface area contributed by atoms with Crippen LogP contribution in [0.2, 0.25) is 0 Å². The van der Waals surface area contributed by atoms with E-state index >= 15 is 0 Å². The van der Waals surface area contributed by atoms with E-state index < -0.39 is 4.92 Å². The molecule has 0 bridgehead atoms. The maximum Gasteiger partial charge on any atom is 0.292 e. The number of nitro benzene ring substituents is 1. The normalized spacial score (nSPS) is 21.6. The van der Waals surface area contributed by atoms with Crippen molar-refractivity contribution in [2.45, 2.75) is 31.8 Å². The molecular formula is C14H20N4O3. The number of amides is 1. The number of benzene rings is 1. The minimum absolute atomic E-state index is 0.0219. The van der Waals surface area contributed by atoms with Crippen molar-refractivity contribution < 1.29 is 9.72 Å². The Morgan fingerprint density at radius 3 is 2.95 bits per heavy atom. The third-order valence-corrected chi connectivity index (χ3v) is 3.65. The van der Waals surface area contributed by atoms with E-state index in [9.17, 15) is 14.9 Å². The smallest absolute Gasteiger partial charge is 0.292 e. The van der Waals surface area contributed by atoms with Gasteiger partial charge in [-0.3, -0.25) is 14.9 Å². The van der Waals surface area contributed by atoms with E-state index in [1.807, 2.05) is 6.92 Å². The molecule has 2 atom stereocenters. The van der Waals surface area contributed by atoms with Crippen molar-refractivity contribution in [1.82, 2.24) is 10.6 Å². The Hall–Kier alpha value is -2.15. The van der Waals surface area contributed by atoms with Crippen LogP contribution in [0.5, 0.6) is 0 Å². The molecule has 114 valence electrons. The standard InChI is InChI=1S/C14H20N4O3/c1-10-11(6-4-8-15-10)17-14(19)9-16-12-5-2-3-7-13(12)18(20)21/h2-3,5,7,10-11,15-16H,4,6,8-9H2,1H3,(H,17,19). The largest absolute Gasteiger partial charge is 0.371 e. The summed E-state index contributed by atoms with van der Waals surface area (Å²) in [7, 11) is 0. The average molecular weight is 292 g/mol. The number of rotatable bonds is 5. The summed E-state index contributed by atoms with van der Waals surface area (Å²) >= 11 is 0. The van der Waals surface area contributed by atoms with Crippen LogP contribution >= 0.6 is 0 Å². The highest BCUT2D eigenvalue weighted by molar-refractivity contribution is 5.82. The molecule has 7 nitrogen and oxygen atoms in total. The molecule has 3 N–H and O–H groups in total. The molecule has 1 saturated heterocycles. The van der Waals surface area contributed by atoms with Gasteiger partial charge in [0.25, 0.3) is 5.69 Å². The summed E-state index contributed by atoms with van der Waals surface area (Å²) in [6, 6.07) is 6.65. The SMILES string of the molecule is CC1NCCCC1NC(=O)CNc1ccccc1[N+](=O)[O-]. The summed E-state index contributed by atoms with van der Waals surface area (Å²) in [5, 5.41) is 20.0. The number of anilines is 1. The van der Waals surface area contributed by atoms with Gasteiger partial charge in [-0.2, -0.15) is 0 Å². The highest BCUT2D eigenvalue weighted by Crippen LogP contribution is 2.22. The van der Waals surface area contributed by atoms with Gasteiger partial charge in [-0.15, -0.1) is 0 Å². The molecule has 0 saturated carbocycles. The van der Waals surface area contributed by atoms with Crippen LogP contribution in [0.15, 0.2) is 24.3 Å². The molecule has 7 heteroatoms. The summed E-state index contributed by atoms with van der Waals surface area (Å²) in [5.74, 6) is -0.159. The number of carbonyl (C=O) groups excluding carboxylic acids is 1. The molecular weight excluding hydrogens is 272 g/mol. The van der Waals surface area contributed by atoms with Gasteiger partial charge in [-0.25, -0.2) is 0 Å². The van der Waals surface area contributed by atoms with Gasteiger partial charge in [0.05, 0.1) is 11.5 Å². The number of nitrogens with zero attached hydrogens (tertiary/aromatic N) is 1. The van der Waals surface area contributed by atoms with Crippen molar-refractivity contribution in [3.8, 4) is 0 Å². The van der Waals surface area contributed by atoms with E-state index in [-0.39, 0.29) is 30.2 Å². The van der Waals surface area contributed by atoms with Gasteiger partial charge in [0, 0.05) is 18.2 Å². The van der Waals surface area contributed by atoms with Crippen molar-refractivity contribution in [2.24, 2.45) is 0 Å². The number of carbonyl (C=O) groups is 1. The third kappa shape index (κ3) is 4.16. The predicted molar refractivity (Wildman–Crippen MR) is 80.2 cm³/mol. The number of para-hydroxylation sites is 2. The maximum absolute atomic E-state index is 11.9. The predicted octanol–water partition coefficient (Wildman–Crippen LogP) is 1.26. The molecule has 1 amide bonds. The maximum atomic E-state index is 11.9. The molecule has 2 rings (SSSR count). The molecule has 1 aliphatic rings. The van der Waals surface area contributed by atoms with Gasteiger partial charge >= 0.3 is 0 Å². The lowest BCUT2D eigenvalue weighted by Crippen LogP contribution is -2.52. The Morgan fingerprint density at radius 2 is 2.24 bits per heavy atom. The molecule has 0 aliphatic carbocycles. The first kappa shape index (κ1) is 15.2. The van der Waals surface area contributed by atoms with E-state index in [1.54, 1.807) is 18.2 Å². The van der Waals surface area contributed by atoms with E-state index in [2.05, 4.69) is 16.0 Å². The molecule has 1 aromatic rings. The first-order valence-corrected chi connectivity index (χ1v) is 7.08. The number of hydrogen-bond donors (Lipinski definition) is 3. The van der Waals surface area contributed by atoms with Gasteiger partial charge in [-0.05, 0) is 32.4 Å². The first-order valence-electron chi connectivity index (χ1n) is 7.08. The van der Waals surface area contributed by atoms with Crippen LogP contribution in [0.25, 0.3) is 0 Å². The van der Waals surface area contributed by atoms with Crippen molar-refractivity contribution in [2.75, 3.05) is 18.4 Å². The second-order valence-electron chi connectivity index (χ2n) is 5.19. The Bertz CT molecular complexity index is 521. The average Bonchev–Trinajstić information content (AvgIpc) is 2.48. The van der Waals surface area contributed by atoms with Gasteiger partial charge < -0.3 is 16.0 Å². The topological polar surface area (TPSA) is 96.3 Å².